The third-order valence-electron chi connectivity index (χ3n) is 2.79. The lowest BCUT2D eigenvalue weighted by atomic mass is 10.0. The van der Waals surface area contributed by atoms with E-state index in [1.54, 1.807) is 11.3 Å². The average Bonchev–Trinajstić information content (AvgIpc) is 2.88. The zero-order valence-corrected chi connectivity index (χ0v) is 10.5. The van der Waals surface area contributed by atoms with Crippen molar-refractivity contribution >= 4 is 17.4 Å². The van der Waals surface area contributed by atoms with Crippen LogP contribution in [0.1, 0.15) is 11.8 Å². The van der Waals surface area contributed by atoms with E-state index in [1.807, 2.05) is 35.7 Å². The number of nitrogens with one attached hydrogen (secondary N) is 1. The van der Waals surface area contributed by atoms with E-state index in [2.05, 4.69) is 10.1 Å². The summed E-state index contributed by atoms with van der Waals surface area (Å²) >= 11 is 1.63. The van der Waals surface area contributed by atoms with Gasteiger partial charge in [-0.15, -0.1) is 11.3 Å². The third kappa shape index (κ3) is 1.73. The van der Waals surface area contributed by atoms with Crippen LogP contribution < -0.4 is 10.1 Å². The summed E-state index contributed by atoms with van der Waals surface area (Å²) in [6.45, 7) is 0. The lowest BCUT2D eigenvalue weighted by Gasteiger charge is -2.26. The normalized spacial score (nSPS) is 16.2. The SMILES string of the molecule is COC(=O)NC1Oc2ccccc2-c2sccc21. The van der Waals surface area contributed by atoms with E-state index in [0.29, 0.717) is 0 Å². The second-order valence-electron chi connectivity index (χ2n) is 3.84. The van der Waals surface area contributed by atoms with E-state index in [4.69, 9.17) is 4.74 Å². The highest BCUT2D eigenvalue weighted by molar-refractivity contribution is 7.13. The number of hydrogen-bond donors (Lipinski definition) is 1. The molecule has 0 saturated carbocycles. The van der Waals surface area contributed by atoms with Crippen molar-refractivity contribution in [2.45, 2.75) is 6.23 Å². The summed E-state index contributed by atoms with van der Waals surface area (Å²) in [7, 11) is 1.33. The van der Waals surface area contributed by atoms with Gasteiger partial charge in [-0.2, -0.15) is 0 Å². The molecule has 0 radical (unpaired) electrons. The number of alkyl carbamates (subject to hydrolysis) is 1. The van der Waals surface area contributed by atoms with Gasteiger partial charge in [0.1, 0.15) is 5.75 Å². The van der Waals surface area contributed by atoms with Gasteiger partial charge < -0.3 is 9.47 Å². The molecule has 3 rings (SSSR count). The molecule has 1 amide bonds. The van der Waals surface area contributed by atoms with E-state index < -0.39 is 12.3 Å². The Morgan fingerprint density at radius 2 is 2.22 bits per heavy atom. The molecule has 1 N–H and O–H groups in total. The second-order valence-corrected chi connectivity index (χ2v) is 4.75. The summed E-state index contributed by atoms with van der Waals surface area (Å²) in [4.78, 5) is 12.4. The maximum atomic E-state index is 11.3. The first kappa shape index (κ1) is 11.1. The molecule has 1 unspecified atom stereocenters. The predicted octanol–water partition coefficient (Wildman–Crippen LogP) is 3.16. The van der Waals surface area contributed by atoms with Crippen LogP contribution in [0.5, 0.6) is 5.75 Å². The molecule has 5 heteroatoms. The van der Waals surface area contributed by atoms with Gasteiger partial charge in [-0.1, -0.05) is 12.1 Å². The highest BCUT2D eigenvalue weighted by Gasteiger charge is 2.28. The Balaban J connectivity index is 2.01. The summed E-state index contributed by atoms with van der Waals surface area (Å²) in [5, 5.41) is 4.66. The minimum Gasteiger partial charge on any atom is -0.466 e. The molecule has 2 heterocycles. The standard InChI is InChI=1S/C13H11NO3S/c1-16-13(15)14-12-9-6-7-18-11(9)8-4-2-3-5-10(8)17-12/h2-7,12H,1H3,(H,14,15). The number of fused-ring (bicyclic) bond motifs is 3. The molecule has 0 saturated heterocycles. The van der Waals surface area contributed by atoms with Crippen LogP contribution in [-0.4, -0.2) is 13.2 Å². The second kappa shape index (κ2) is 4.34. The fourth-order valence-corrected chi connectivity index (χ4v) is 2.92. The van der Waals surface area contributed by atoms with E-state index in [9.17, 15) is 4.79 Å². The molecule has 0 bridgehead atoms. The summed E-state index contributed by atoms with van der Waals surface area (Å²) in [6, 6.07) is 9.74. The summed E-state index contributed by atoms with van der Waals surface area (Å²) in [5.74, 6) is 0.772. The van der Waals surface area contributed by atoms with Gasteiger partial charge >= 0.3 is 6.09 Å². The van der Waals surface area contributed by atoms with Gasteiger partial charge in [0.05, 0.1) is 7.11 Å². The highest BCUT2D eigenvalue weighted by Crippen LogP contribution is 2.44. The van der Waals surface area contributed by atoms with Crippen LogP contribution in [0.15, 0.2) is 35.7 Å². The molecular formula is C13H11NO3S. The molecule has 1 aromatic heterocycles. The van der Waals surface area contributed by atoms with Crippen LogP contribution in [0.25, 0.3) is 10.4 Å². The average molecular weight is 261 g/mol. The summed E-state index contributed by atoms with van der Waals surface area (Å²) in [5.41, 5.74) is 2.02. The van der Waals surface area contributed by atoms with Gasteiger partial charge in [0.15, 0.2) is 0 Å². The monoisotopic (exact) mass is 261 g/mol. The molecule has 2 aromatic rings. The Morgan fingerprint density at radius 1 is 1.39 bits per heavy atom. The molecule has 0 fully saturated rings. The Labute approximate surface area is 108 Å². The van der Waals surface area contributed by atoms with Crippen molar-refractivity contribution in [1.29, 1.82) is 0 Å². The van der Waals surface area contributed by atoms with Crippen LogP contribution in [0.3, 0.4) is 0 Å². The first-order valence-electron chi connectivity index (χ1n) is 5.47. The number of benzene rings is 1. The summed E-state index contributed by atoms with van der Waals surface area (Å²) in [6.07, 6.45) is -0.995. The van der Waals surface area contributed by atoms with Crippen molar-refractivity contribution < 1.29 is 14.3 Å². The molecule has 0 aliphatic carbocycles. The molecule has 1 aromatic carbocycles. The highest BCUT2D eigenvalue weighted by atomic mass is 32.1. The molecule has 18 heavy (non-hydrogen) atoms. The lowest BCUT2D eigenvalue weighted by Crippen LogP contribution is -2.33. The van der Waals surface area contributed by atoms with Crippen molar-refractivity contribution in [1.82, 2.24) is 5.32 Å². The van der Waals surface area contributed by atoms with Crippen LogP contribution in [0.2, 0.25) is 0 Å². The Hall–Kier alpha value is -2.01. The number of amides is 1. The van der Waals surface area contributed by atoms with Gasteiger partial charge in [0, 0.05) is 16.0 Å². The van der Waals surface area contributed by atoms with Crippen molar-refractivity contribution in [3.63, 3.8) is 0 Å². The van der Waals surface area contributed by atoms with Crippen LogP contribution >= 0.6 is 11.3 Å². The predicted molar refractivity (Wildman–Crippen MR) is 68.7 cm³/mol. The first-order valence-corrected chi connectivity index (χ1v) is 6.35. The molecule has 0 spiro atoms. The molecule has 1 atom stereocenters. The minimum absolute atomic E-state index is 0.492. The largest absolute Gasteiger partial charge is 0.466 e. The summed E-state index contributed by atoms with van der Waals surface area (Å²) < 4.78 is 10.4. The van der Waals surface area contributed by atoms with Gasteiger partial charge in [0.2, 0.25) is 6.23 Å². The van der Waals surface area contributed by atoms with E-state index >= 15 is 0 Å². The quantitative estimate of drug-likeness (QED) is 0.857. The van der Waals surface area contributed by atoms with Gasteiger partial charge in [-0.3, -0.25) is 5.32 Å². The smallest absolute Gasteiger partial charge is 0.409 e. The van der Waals surface area contributed by atoms with Crippen molar-refractivity contribution in [3.05, 3.63) is 41.3 Å². The van der Waals surface area contributed by atoms with E-state index in [1.165, 1.54) is 7.11 Å². The van der Waals surface area contributed by atoms with Crippen LogP contribution in [0, 0.1) is 0 Å². The number of rotatable bonds is 1. The molecular weight excluding hydrogens is 250 g/mol. The number of thiophene rings is 1. The van der Waals surface area contributed by atoms with E-state index in [-0.39, 0.29) is 0 Å². The maximum Gasteiger partial charge on any atom is 0.409 e. The number of ether oxygens (including phenoxy) is 2. The van der Waals surface area contributed by atoms with Crippen molar-refractivity contribution in [2.24, 2.45) is 0 Å². The fourth-order valence-electron chi connectivity index (χ4n) is 1.97. The Kier molecular flexibility index (Phi) is 2.68. The number of methoxy groups -OCH3 is 1. The Bertz CT molecular complexity index is 593. The first-order chi connectivity index (χ1) is 8.79. The molecule has 4 nitrogen and oxygen atoms in total. The Morgan fingerprint density at radius 3 is 3.06 bits per heavy atom. The van der Waals surface area contributed by atoms with Gasteiger partial charge in [-0.25, -0.2) is 4.79 Å². The maximum absolute atomic E-state index is 11.3. The number of para-hydroxylation sites is 1. The third-order valence-corrected chi connectivity index (χ3v) is 3.75. The lowest BCUT2D eigenvalue weighted by molar-refractivity contribution is 0.124. The molecule has 1 aliphatic heterocycles. The number of hydrogen-bond acceptors (Lipinski definition) is 4. The zero-order valence-electron chi connectivity index (χ0n) is 9.67. The molecule has 92 valence electrons. The van der Waals surface area contributed by atoms with Gasteiger partial charge in [0.25, 0.3) is 0 Å². The van der Waals surface area contributed by atoms with Gasteiger partial charge in [-0.05, 0) is 23.6 Å². The number of carbonyl (C=O) groups is 1. The van der Waals surface area contributed by atoms with Crippen molar-refractivity contribution in [3.8, 4) is 16.2 Å². The minimum atomic E-state index is -0.503. The number of carbonyl (C=O) groups excluding carboxylic acids is 1. The molecule has 1 aliphatic rings. The van der Waals surface area contributed by atoms with Crippen LogP contribution in [-0.2, 0) is 4.74 Å². The van der Waals surface area contributed by atoms with Crippen molar-refractivity contribution in [2.75, 3.05) is 7.11 Å². The van der Waals surface area contributed by atoms with Crippen LogP contribution in [0.4, 0.5) is 4.79 Å². The zero-order chi connectivity index (χ0) is 12.5. The fraction of sp³-hybridized carbons (Fsp3) is 0.154. The topological polar surface area (TPSA) is 47.6 Å². The van der Waals surface area contributed by atoms with E-state index in [0.717, 1.165) is 21.8 Å².